The van der Waals surface area contributed by atoms with Crippen molar-refractivity contribution in [1.82, 2.24) is 0 Å². The van der Waals surface area contributed by atoms with Crippen molar-refractivity contribution >= 4 is 5.84 Å². The molecule has 0 aliphatic rings. The number of hydrogen-bond donors (Lipinski definition) is 2. The normalized spacial score (nSPS) is 11.8. The number of amidine groups is 1. The molecule has 0 atom stereocenters. The van der Waals surface area contributed by atoms with Crippen molar-refractivity contribution in [2.75, 3.05) is 6.61 Å². The van der Waals surface area contributed by atoms with Crippen molar-refractivity contribution in [3.8, 4) is 0 Å². The van der Waals surface area contributed by atoms with E-state index in [0.717, 1.165) is 18.4 Å². The summed E-state index contributed by atoms with van der Waals surface area (Å²) in [6, 6.07) is 4.18. The summed E-state index contributed by atoms with van der Waals surface area (Å²) in [6.07, 6.45) is 5.88. The third-order valence-electron chi connectivity index (χ3n) is 3.11. The second kappa shape index (κ2) is 9.31. The van der Waals surface area contributed by atoms with Crippen molar-refractivity contribution in [3.05, 3.63) is 35.1 Å². The first kappa shape index (κ1) is 16.4. The Bertz CT molecular complexity index is 436. The van der Waals surface area contributed by atoms with Crippen LogP contribution in [0.4, 0.5) is 4.39 Å². The molecule has 0 aliphatic heterocycles. The molecule has 5 heteroatoms. The summed E-state index contributed by atoms with van der Waals surface area (Å²) >= 11 is 0. The Morgan fingerprint density at radius 1 is 1.30 bits per heavy atom. The van der Waals surface area contributed by atoms with E-state index in [1.807, 2.05) is 0 Å². The Morgan fingerprint density at radius 3 is 2.75 bits per heavy atom. The highest BCUT2D eigenvalue weighted by Crippen LogP contribution is 2.13. The molecular formula is C15H23FN2O2. The number of unbranched alkanes of at least 4 members (excludes halogenated alkanes) is 4. The molecule has 0 saturated heterocycles. The minimum Gasteiger partial charge on any atom is -0.409 e. The molecule has 0 bridgehead atoms. The molecule has 1 aromatic rings. The number of hydrogen-bond acceptors (Lipinski definition) is 3. The van der Waals surface area contributed by atoms with Crippen LogP contribution >= 0.6 is 0 Å². The van der Waals surface area contributed by atoms with E-state index in [2.05, 4.69) is 12.1 Å². The van der Waals surface area contributed by atoms with Gasteiger partial charge in [0, 0.05) is 12.2 Å². The van der Waals surface area contributed by atoms with Crippen LogP contribution in [0.3, 0.4) is 0 Å². The predicted molar refractivity (Wildman–Crippen MR) is 77.3 cm³/mol. The number of ether oxygens (including phenoxy) is 1. The van der Waals surface area contributed by atoms with Gasteiger partial charge in [0.1, 0.15) is 5.82 Å². The number of oxime groups is 1. The minimum atomic E-state index is -0.421. The predicted octanol–water partition coefficient (Wildman–Crippen LogP) is 3.41. The van der Waals surface area contributed by atoms with Crippen molar-refractivity contribution in [2.24, 2.45) is 10.9 Å². The van der Waals surface area contributed by atoms with Gasteiger partial charge < -0.3 is 15.7 Å². The van der Waals surface area contributed by atoms with Gasteiger partial charge in [0.15, 0.2) is 5.84 Å². The van der Waals surface area contributed by atoms with E-state index in [1.165, 1.54) is 31.4 Å². The van der Waals surface area contributed by atoms with Gasteiger partial charge in [-0.1, -0.05) is 43.8 Å². The summed E-state index contributed by atoms with van der Waals surface area (Å²) in [5, 5.41) is 11.6. The monoisotopic (exact) mass is 282 g/mol. The molecular weight excluding hydrogens is 259 g/mol. The molecule has 20 heavy (non-hydrogen) atoms. The molecule has 1 rings (SSSR count). The molecule has 0 aromatic heterocycles. The van der Waals surface area contributed by atoms with E-state index in [4.69, 9.17) is 15.7 Å². The van der Waals surface area contributed by atoms with Crippen LogP contribution in [0.2, 0.25) is 0 Å². The van der Waals surface area contributed by atoms with Crippen LogP contribution in [-0.2, 0) is 11.3 Å². The van der Waals surface area contributed by atoms with E-state index in [9.17, 15) is 4.39 Å². The van der Waals surface area contributed by atoms with E-state index < -0.39 is 5.82 Å². The van der Waals surface area contributed by atoms with Crippen LogP contribution in [0.25, 0.3) is 0 Å². The number of halogens is 1. The Labute approximate surface area is 119 Å². The molecule has 0 amide bonds. The fraction of sp³-hybridized carbons (Fsp3) is 0.533. The van der Waals surface area contributed by atoms with Crippen LogP contribution in [0.1, 0.15) is 50.2 Å². The molecule has 0 heterocycles. The molecule has 0 aliphatic carbocycles. The van der Waals surface area contributed by atoms with Crippen molar-refractivity contribution in [3.63, 3.8) is 0 Å². The van der Waals surface area contributed by atoms with Gasteiger partial charge in [-0.25, -0.2) is 4.39 Å². The highest BCUT2D eigenvalue weighted by atomic mass is 19.1. The first-order chi connectivity index (χ1) is 9.69. The minimum absolute atomic E-state index is 0.106. The van der Waals surface area contributed by atoms with Crippen LogP contribution < -0.4 is 5.73 Å². The second-order valence-corrected chi connectivity index (χ2v) is 4.75. The zero-order valence-corrected chi connectivity index (χ0v) is 11.9. The molecule has 1 aromatic carbocycles. The first-order valence-electron chi connectivity index (χ1n) is 7.03. The Morgan fingerprint density at radius 2 is 2.05 bits per heavy atom. The van der Waals surface area contributed by atoms with Gasteiger partial charge in [0.2, 0.25) is 0 Å². The van der Waals surface area contributed by atoms with E-state index in [1.54, 1.807) is 6.07 Å². The lowest BCUT2D eigenvalue weighted by Gasteiger charge is -2.09. The Kier molecular flexibility index (Phi) is 7.65. The molecule has 0 saturated carbocycles. The summed E-state index contributed by atoms with van der Waals surface area (Å²) in [5.41, 5.74) is 6.62. The van der Waals surface area contributed by atoms with Crippen LogP contribution in [0.5, 0.6) is 0 Å². The van der Waals surface area contributed by atoms with Gasteiger partial charge in [-0.15, -0.1) is 0 Å². The zero-order valence-electron chi connectivity index (χ0n) is 11.9. The van der Waals surface area contributed by atoms with Crippen molar-refractivity contribution in [2.45, 2.75) is 45.6 Å². The third kappa shape index (κ3) is 5.57. The number of rotatable bonds is 9. The Balaban J connectivity index is 2.43. The fourth-order valence-corrected chi connectivity index (χ4v) is 1.96. The van der Waals surface area contributed by atoms with E-state index in [0.29, 0.717) is 18.8 Å². The average molecular weight is 282 g/mol. The van der Waals surface area contributed by atoms with E-state index >= 15 is 0 Å². The van der Waals surface area contributed by atoms with Gasteiger partial charge in [0.25, 0.3) is 0 Å². The largest absolute Gasteiger partial charge is 0.409 e. The average Bonchev–Trinajstić information content (AvgIpc) is 2.46. The smallest absolute Gasteiger partial charge is 0.170 e. The molecule has 112 valence electrons. The molecule has 4 nitrogen and oxygen atoms in total. The first-order valence-corrected chi connectivity index (χ1v) is 7.03. The maximum Gasteiger partial charge on any atom is 0.170 e. The van der Waals surface area contributed by atoms with Crippen LogP contribution in [0, 0.1) is 5.82 Å². The lowest BCUT2D eigenvalue weighted by Crippen LogP contribution is -2.16. The van der Waals surface area contributed by atoms with Crippen molar-refractivity contribution in [1.29, 1.82) is 0 Å². The number of nitrogens with zero attached hydrogens (tertiary/aromatic N) is 1. The van der Waals surface area contributed by atoms with Gasteiger partial charge in [0.05, 0.1) is 6.61 Å². The lowest BCUT2D eigenvalue weighted by molar-refractivity contribution is 0.116. The fourth-order valence-electron chi connectivity index (χ4n) is 1.96. The molecule has 0 fully saturated rings. The third-order valence-corrected chi connectivity index (χ3v) is 3.11. The van der Waals surface area contributed by atoms with Crippen LogP contribution in [0.15, 0.2) is 23.4 Å². The molecule has 0 radical (unpaired) electrons. The topological polar surface area (TPSA) is 67.8 Å². The van der Waals surface area contributed by atoms with Gasteiger partial charge in [-0.3, -0.25) is 0 Å². The highest BCUT2D eigenvalue weighted by Gasteiger charge is 2.08. The summed E-state index contributed by atoms with van der Waals surface area (Å²) in [7, 11) is 0. The molecule has 0 spiro atoms. The summed E-state index contributed by atoms with van der Waals surface area (Å²) in [4.78, 5) is 0. The molecule has 3 N–H and O–H groups in total. The number of benzene rings is 1. The zero-order chi connectivity index (χ0) is 14.8. The summed E-state index contributed by atoms with van der Waals surface area (Å²) < 4.78 is 18.7. The lowest BCUT2D eigenvalue weighted by atomic mass is 10.1. The summed E-state index contributed by atoms with van der Waals surface area (Å²) in [5.74, 6) is -0.527. The second-order valence-electron chi connectivity index (χ2n) is 4.75. The van der Waals surface area contributed by atoms with E-state index in [-0.39, 0.29) is 5.84 Å². The summed E-state index contributed by atoms with van der Waals surface area (Å²) in [6.45, 7) is 3.18. The highest BCUT2D eigenvalue weighted by molar-refractivity contribution is 5.98. The number of nitrogens with two attached hydrogens (primary N) is 1. The maximum absolute atomic E-state index is 13.2. The van der Waals surface area contributed by atoms with Crippen LogP contribution in [-0.4, -0.2) is 17.6 Å². The quantitative estimate of drug-likeness (QED) is 0.240. The Hall–Kier alpha value is -1.62. The standard InChI is InChI=1S/C15H23FN2O2/c1-2-3-4-5-6-9-20-11-12-7-8-13(16)10-14(12)15(17)18-19/h7-8,10,19H,2-6,9,11H2,1H3,(H2,17,18). The maximum atomic E-state index is 13.2. The molecule has 0 unspecified atom stereocenters. The van der Waals surface area contributed by atoms with Crippen molar-refractivity contribution < 1.29 is 14.3 Å². The SMILES string of the molecule is CCCCCCCOCc1ccc(F)cc1C(N)=NO. The van der Waals surface area contributed by atoms with Gasteiger partial charge in [-0.05, 0) is 24.1 Å². The van der Waals surface area contributed by atoms with Gasteiger partial charge >= 0.3 is 0 Å². The van der Waals surface area contributed by atoms with Gasteiger partial charge in [-0.2, -0.15) is 0 Å².